The molecule has 0 aliphatic carbocycles. The van der Waals surface area contributed by atoms with Crippen LogP contribution in [0.3, 0.4) is 0 Å². The quantitative estimate of drug-likeness (QED) is 0.672. The molecule has 1 aromatic rings. The minimum Gasteiger partial charge on any atom is -0.483 e. The zero-order chi connectivity index (χ0) is 16.8. The van der Waals surface area contributed by atoms with E-state index in [2.05, 4.69) is 25.0 Å². The fourth-order valence-corrected chi connectivity index (χ4v) is 1.94. The number of amides is 1. The minimum atomic E-state index is -0.250. The molecule has 5 nitrogen and oxygen atoms in total. The van der Waals surface area contributed by atoms with Crippen molar-refractivity contribution in [3.63, 3.8) is 0 Å². The normalized spacial score (nSPS) is 12.0. The summed E-state index contributed by atoms with van der Waals surface area (Å²) < 4.78 is 0. The van der Waals surface area contributed by atoms with Gasteiger partial charge in [-0.25, -0.2) is 5.26 Å². The molecular formula is C16H23BN2O3. The number of hydrogen-bond acceptors (Lipinski definition) is 3. The molecule has 1 heterocycles. The van der Waals surface area contributed by atoms with Crippen LogP contribution >= 0.6 is 0 Å². The predicted octanol–water partition coefficient (Wildman–Crippen LogP) is 2.49. The molecule has 1 N–H and O–H groups in total. The maximum absolute atomic E-state index is 11.4. The van der Waals surface area contributed by atoms with Crippen molar-refractivity contribution >= 4 is 19.1 Å². The number of hydrogen-bond donors (Lipinski definition) is 1. The molecule has 1 aliphatic rings. The van der Waals surface area contributed by atoms with E-state index in [0.717, 1.165) is 25.9 Å². The van der Waals surface area contributed by atoms with E-state index >= 15 is 0 Å². The molecule has 1 saturated heterocycles. The van der Waals surface area contributed by atoms with Crippen LogP contribution in [0.15, 0.2) is 30.3 Å². The topological polar surface area (TPSA) is 81.4 Å². The summed E-state index contributed by atoms with van der Waals surface area (Å²) in [6.45, 7) is 5.25. The van der Waals surface area contributed by atoms with Crippen molar-refractivity contribution in [2.75, 3.05) is 13.1 Å². The largest absolute Gasteiger partial charge is 0.483 e. The third-order valence-corrected chi connectivity index (χ3v) is 3.10. The molecule has 118 valence electrons. The van der Waals surface area contributed by atoms with Gasteiger partial charge in [0.15, 0.2) is 0 Å². The summed E-state index contributed by atoms with van der Waals surface area (Å²) in [5.41, 5.74) is 1.32. The first-order valence-corrected chi connectivity index (χ1v) is 7.32. The fraction of sp³-hybridized carbons (Fsp3) is 0.438. The Morgan fingerprint density at radius 1 is 1.36 bits per heavy atom. The molecule has 6 heteroatoms. The van der Waals surface area contributed by atoms with Crippen LogP contribution in [0.25, 0.3) is 0 Å². The van der Waals surface area contributed by atoms with Crippen molar-refractivity contribution < 1.29 is 14.7 Å². The number of aryl methyl sites for hydroxylation is 1. The van der Waals surface area contributed by atoms with E-state index in [1.807, 2.05) is 23.1 Å². The van der Waals surface area contributed by atoms with Crippen molar-refractivity contribution in [1.82, 2.24) is 4.90 Å². The summed E-state index contributed by atoms with van der Waals surface area (Å²) in [5, 5.41) is 15.4. The maximum Gasteiger partial charge on any atom is 0.290 e. The smallest absolute Gasteiger partial charge is 0.290 e. The predicted molar refractivity (Wildman–Crippen MR) is 87.7 cm³/mol. The van der Waals surface area contributed by atoms with Crippen LogP contribution in [0.5, 0.6) is 0 Å². The second-order valence-corrected chi connectivity index (χ2v) is 5.08. The Balaban J connectivity index is 0.000000372. The van der Waals surface area contributed by atoms with Crippen LogP contribution in [-0.2, 0) is 9.59 Å². The van der Waals surface area contributed by atoms with E-state index in [1.165, 1.54) is 5.56 Å². The average Bonchev–Trinajstić information content (AvgIpc) is 3.04. The highest BCUT2D eigenvalue weighted by atomic mass is 16.3. The number of carboxylic acid groups (broad SMARTS) is 1. The molecule has 1 fully saturated rings. The van der Waals surface area contributed by atoms with Crippen molar-refractivity contribution in [1.29, 1.82) is 5.26 Å². The summed E-state index contributed by atoms with van der Waals surface area (Å²) in [7, 11) is 0. The van der Waals surface area contributed by atoms with Gasteiger partial charge in [0.2, 0.25) is 5.91 Å². The number of nitriles is 1. The van der Waals surface area contributed by atoms with Gasteiger partial charge in [-0.1, -0.05) is 42.7 Å². The number of benzene rings is 1. The Hall–Kier alpha value is -2.29. The number of likely N-dealkylation sites (tertiary alicyclic amines) is 1. The van der Waals surface area contributed by atoms with Crippen LogP contribution in [0.2, 0.25) is 13.1 Å². The van der Waals surface area contributed by atoms with Gasteiger partial charge >= 0.3 is 0 Å². The third kappa shape index (κ3) is 9.59. The highest BCUT2D eigenvalue weighted by molar-refractivity contribution is 6.68. The molecule has 0 aromatic heterocycles. The second kappa shape index (κ2) is 12.5. The lowest BCUT2D eigenvalue weighted by Crippen LogP contribution is -2.30. The zero-order valence-corrected chi connectivity index (χ0v) is 13.2. The molecule has 1 aliphatic heterocycles. The summed E-state index contributed by atoms with van der Waals surface area (Å²) in [6.07, 6.45) is 2.62. The number of carbonyl (C=O) groups excluding carboxylic acids is 1. The van der Waals surface area contributed by atoms with Crippen molar-refractivity contribution in [3.8, 4) is 5.97 Å². The summed E-state index contributed by atoms with van der Waals surface area (Å²) in [5.74, 6) is 2.21. The molecule has 0 unspecified atom stereocenters. The summed E-state index contributed by atoms with van der Waals surface area (Å²) >= 11 is 0. The van der Waals surface area contributed by atoms with Crippen LogP contribution in [0, 0.1) is 18.2 Å². The Morgan fingerprint density at radius 3 is 2.23 bits per heavy atom. The van der Waals surface area contributed by atoms with Gasteiger partial charge in [-0.2, -0.15) is 0 Å². The highest BCUT2D eigenvalue weighted by Gasteiger charge is 2.20. The lowest BCUT2D eigenvalue weighted by atomic mass is 9.51. The van der Waals surface area contributed by atoms with Gasteiger partial charge in [0.25, 0.3) is 13.2 Å². The van der Waals surface area contributed by atoms with Crippen LogP contribution in [0.4, 0.5) is 0 Å². The van der Waals surface area contributed by atoms with Gasteiger partial charge in [-0.3, -0.25) is 9.59 Å². The van der Waals surface area contributed by atoms with E-state index in [4.69, 9.17) is 15.2 Å². The van der Waals surface area contributed by atoms with E-state index < -0.39 is 0 Å². The molecule has 0 spiro atoms. The standard InChI is InChI=1S/C8H13BN2O.C7H8.CH2O2/c1-9(7-10)6-8(12)11-4-2-3-5-11;1-7-5-3-2-4-6-7;2-1-3/h2-6H2,1H3;2-6H,1H3;1H,(H,2,3). The lowest BCUT2D eigenvalue weighted by Gasteiger charge is -2.14. The first-order chi connectivity index (χ1) is 10.5. The average molecular weight is 302 g/mol. The monoisotopic (exact) mass is 302 g/mol. The number of carbonyl (C=O) groups is 2. The maximum atomic E-state index is 11.4. The first kappa shape index (κ1) is 19.7. The molecule has 1 amide bonds. The molecule has 0 radical (unpaired) electrons. The van der Waals surface area contributed by atoms with Gasteiger partial charge in [0.1, 0.15) is 0 Å². The van der Waals surface area contributed by atoms with E-state index in [-0.39, 0.29) is 19.1 Å². The molecule has 22 heavy (non-hydrogen) atoms. The number of nitrogens with zero attached hydrogens (tertiary/aromatic N) is 2. The van der Waals surface area contributed by atoms with Gasteiger partial charge in [-0.05, 0) is 19.8 Å². The zero-order valence-electron chi connectivity index (χ0n) is 13.2. The minimum absolute atomic E-state index is 0.140. The van der Waals surface area contributed by atoms with Crippen LogP contribution in [-0.4, -0.2) is 42.2 Å². The van der Waals surface area contributed by atoms with Crippen LogP contribution in [0.1, 0.15) is 18.4 Å². The third-order valence-electron chi connectivity index (χ3n) is 3.10. The highest BCUT2D eigenvalue weighted by Crippen LogP contribution is 2.09. The van der Waals surface area contributed by atoms with Gasteiger partial charge < -0.3 is 10.0 Å². The second-order valence-electron chi connectivity index (χ2n) is 5.08. The van der Waals surface area contributed by atoms with E-state index in [1.54, 1.807) is 6.82 Å². The summed E-state index contributed by atoms with van der Waals surface area (Å²) in [6, 6.07) is 10.3. The van der Waals surface area contributed by atoms with Gasteiger partial charge in [-0.15, -0.1) is 0 Å². The molecule has 2 rings (SSSR count). The van der Waals surface area contributed by atoms with E-state index in [0.29, 0.717) is 6.32 Å². The fourth-order valence-electron chi connectivity index (χ4n) is 1.94. The van der Waals surface area contributed by atoms with Crippen molar-refractivity contribution in [3.05, 3.63) is 35.9 Å². The first-order valence-electron chi connectivity index (χ1n) is 7.32. The summed E-state index contributed by atoms with van der Waals surface area (Å²) in [4.78, 5) is 21.6. The Kier molecular flexibility index (Phi) is 11.2. The van der Waals surface area contributed by atoms with Gasteiger partial charge in [0, 0.05) is 25.4 Å². The SMILES string of the molecule is CB(C#N)CC(=O)N1CCCC1.Cc1ccccc1.O=CO. The van der Waals surface area contributed by atoms with Crippen molar-refractivity contribution in [2.45, 2.75) is 32.9 Å². The van der Waals surface area contributed by atoms with E-state index in [9.17, 15) is 4.79 Å². The Bertz CT molecular complexity index is 468. The van der Waals surface area contributed by atoms with Crippen molar-refractivity contribution in [2.24, 2.45) is 0 Å². The number of rotatable bonds is 2. The lowest BCUT2D eigenvalue weighted by molar-refractivity contribution is -0.127. The molecule has 0 saturated carbocycles. The molecule has 0 atom stereocenters. The molecule has 0 bridgehead atoms. The molecule has 1 aromatic carbocycles. The van der Waals surface area contributed by atoms with Gasteiger partial charge in [0.05, 0.1) is 0 Å². The Morgan fingerprint density at radius 2 is 1.86 bits per heavy atom. The van der Waals surface area contributed by atoms with Crippen LogP contribution < -0.4 is 0 Å². The molecular weight excluding hydrogens is 279 g/mol. The Labute approximate surface area is 132 Å².